The highest BCUT2D eigenvalue weighted by atomic mass is 127. The summed E-state index contributed by atoms with van der Waals surface area (Å²) in [5, 5.41) is 9.49. The molecule has 1 heterocycles. The normalized spacial score (nSPS) is 21.0. The summed E-state index contributed by atoms with van der Waals surface area (Å²) < 4.78 is 0. The van der Waals surface area contributed by atoms with E-state index in [0.717, 1.165) is 38.3 Å². The van der Waals surface area contributed by atoms with Gasteiger partial charge in [0.05, 0.1) is 0 Å². The summed E-state index contributed by atoms with van der Waals surface area (Å²) in [6.07, 6.45) is 6.71. The number of carbonyl (C=O) groups excluding carboxylic acids is 2. The first-order chi connectivity index (χ1) is 12.5. The maximum Gasteiger partial charge on any atom is 0.225 e. The van der Waals surface area contributed by atoms with Gasteiger partial charge in [-0.1, -0.05) is 33.1 Å². The molecule has 1 unspecified atom stereocenters. The van der Waals surface area contributed by atoms with Crippen LogP contribution in [-0.2, 0) is 9.59 Å². The maximum absolute atomic E-state index is 12.6. The number of likely N-dealkylation sites (tertiary alicyclic amines) is 1. The molecule has 0 radical (unpaired) electrons. The molecule has 0 aromatic carbocycles. The third-order valence-corrected chi connectivity index (χ3v) is 5.26. The van der Waals surface area contributed by atoms with Crippen LogP contribution < -0.4 is 16.0 Å². The van der Waals surface area contributed by atoms with E-state index < -0.39 is 0 Å². The fraction of sp³-hybridized carbons (Fsp3) is 0.842. The fourth-order valence-electron chi connectivity index (χ4n) is 3.64. The van der Waals surface area contributed by atoms with Crippen molar-refractivity contribution in [2.45, 2.75) is 58.4 Å². The average molecular weight is 493 g/mol. The molecular formula is C19H36IN5O2. The largest absolute Gasteiger partial charge is 0.355 e. The van der Waals surface area contributed by atoms with Crippen LogP contribution in [0.5, 0.6) is 0 Å². The number of hydrogen-bond donors (Lipinski definition) is 3. The number of hydrogen-bond acceptors (Lipinski definition) is 3. The van der Waals surface area contributed by atoms with Crippen molar-refractivity contribution >= 4 is 41.8 Å². The zero-order valence-corrected chi connectivity index (χ0v) is 19.3. The van der Waals surface area contributed by atoms with Crippen LogP contribution in [0.15, 0.2) is 4.99 Å². The average Bonchev–Trinajstić information content (AvgIpc) is 3.12. The van der Waals surface area contributed by atoms with Gasteiger partial charge in [-0.3, -0.25) is 14.6 Å². The van der Waals surface area contributed by atoms with Crippen LogP contribution >= 0.6 is 24.0 Å². The minimum Gasteiger partial charge on any atom is -0.355 e. The van der Waals surface area contributed by atoms with Crippen LogP contribution in [0.2, 0.25) is 0 Å². The third kappa shape index (κ3) is 7.83. The van der Waals surface area contributed by atoms with Crippen LogP contribution in [0.25, 0.3) is 0 Å². The second-order valence-electron chi connectivity index (χ2n) is 7.69. The standard InChI is InChI=1S/C19H35N5O2.HI/c1-14(2)17(25)21-10-11-22-19(20-3)23-16-9-12-24(13-16)18(26)15-7-5-4-6-8-15;/h14-16H,4-13H2,1-3H3,(H,21,25)(H2,20,22,23);1H. The number of carbonyl (C=O) groups is 2. The second kappa shape index (κ2) is 12.4. The number of halogens is 1. The van der Waals surface area contributed by atoms with Gasteiger partial charge < -0.3 is 20.9 Å². The van der Waals surface area contributed by atoms with Crippen molar-refractivity contribution < 1.29 is 9.59 Å². The van der Waals surface area contributed by atoms with Crippen LogP contribution in [0.1, 0.15) is 52.4 Å². The highest BCUT2D eigenvalue weighted by molar-refractivity contribution is 14.0. The Morgan fingerprint density at radius 1 is 1.07 bits per heavy atom. The van der Waals surface area contributed by atoms with Gasteiger partial charge in [0, 0.05) is 51.1 Å². The molecule has 3 N–H and O–H groups in total. The van der Waals surface area contributed by atoms with Crippen molar-refractivity contribution in [3.63, 3.8) is 0 Å². The number of amides is 2. The van der Waals surface area contributed by atoms with Gasteiger partial charge in [0.25, 0.3) is 0 Å². The van der Waals surface area contributed by atoms with E-state index in [9.17, 15) is 9.59 Å². The van der Waals surface area contributed by atoms with E-state index in [1.807, 2.05) is 18.7 Å². The summed E-state index contributed by atoms with van der Waals surface area (Å²) >= 11 is 0. The number of rotatable bonds is 6. The maximum atomic E-state index is 12.6. The van der Waals surface area contributed by atoms with Gasteiger partial charge in [-0.25, -0.2) is 0 Å². The molecule has 2 fully saturated rings. The highest BCUT2D eigenvalue weighted by Gasteiger charge is 2.31. The Bertz CT molecular complexity index is 506. The Morgan fingerprint density at radius 2 is 1.74 bits per heavy atom. The van der Waals surface area contributed by atoms with Crippen molar-refractivity contribution in [2.24, 2.45) is 16.8 Å². The van der Waals surface area contributed by atoms with E-state index in [2.05, 4.69) is 20.9 Å². The Kier molecular flexibility index (Phi) is 11.0. The number of guanidine groups is 1. The third-order valence-electron chi connectivity index (χ3n) is 5.26. The van der Waals surface area contributed by atoms with E-state index in [0.29, 0.717) is 19.0 Å². The lowest BCUT2D eigenvalue weighted by Crippen LogP contribution is -2.47. The molecule has 8 heteroatoms. The van der Waals surface area contributed by atoms with Crippen LogP contribution in [0.3, 0.4) is 0 Å². The smallest absolute Gasteiger partial charge is 0.225 e. The van der Waals surface area contributed by atoms with E-state index in [-0.39, 0.29) is 47.8 Å². The minimum absolute atomic E-state index is 0. The van der Waals surface area contributed by atoms with Crippen molar-refractivity contribution in [1.82, 2.24) is 20.9 Å². The molecule has 0 bridgehead atoms. The highest BCUT2D eigenvalue weighted by Crippen LogP contribution is 2.26. The predicted molar refractivity (Wildman–Crippen MR) is 119 cm³/mol. The van der Waals surface area contributed by atoms with Crippen molar-refractivity contribution in [2.75, 3.05) is 33.2 Å². The summed E-state index contributed by atoms with van der Waals surface area (Å²) in [5.41, 5.74) is 0. The molecular weight excluding hydrogens is 457 g/mol. The van der Waals surface area contributed by atoms with E-state index in [1.165, 1.54) is 19.3 Å². The van der Waals surface area contributed by atoms with Gasteiger partial charge in [-0.15, -0.1) is 24.0 Å². The van der Waals surface area contributed by atoms with E-state index in [4.69, 9.17) is 0 Å². The summed E-state index contributed by atoms with van der Waals surface area (Å²) in [6.45, 7) is 6.52. The zero-order chi connectivity index (χ0) is 18.9. The summed E-state index contributed by atoms with van der Waals surface area (Å²) in [4.78, 5) is 30.4. The first kappa shape index (κ1) is 24.0. The summed E-state index contributed by atoms with van der Waals surface area (Å²) in [6, 6.07) is 0.235. The lowest BCUT2D eigenvalue weighted by atomic mass is 9.88. The van der Waals surface area contributed by atoms with Crippen LogP contribution in [-0.4, -0.2) is 61.9 Å². The topological polar surface area (TPSA) is 85.8 Å². The molecule has 27 heavy (non-hydrogen) atoms. The molecule has 156 valence electrons. The van der Waals surface area contributed by atoms with E-state index in [1.54, 1.807) is 7.05 Å². The Hall–Kier alpha value is -1.06. The van der Waals surface area contributed by atoms with Gasteiger partial charge in [-0.2, -0.15) is 0 Å². The molecule has 0 aromatic heterocycles. The lowest BCUT2D eigenvalue weighted by molar-refractivity contribution is -0.135. The first-order valence-corrected chi connectivity index (χ1v) is 10.0. The molecule has 0 spiro atoms. The van der Waals surface area contributed by atoms with Crippen LogP contribution in [0.4, 0.5) is 0 Å². The SMILES string of the molecule is CN=C(NCCNC(=O)C(C)C)NC1CCN(C(=O)C2CCCCC2)C1.I. The van der Waals surface area contributed by atoms with Gasteiger partial charge in [0.15, 0.2) is 5.96 Å². The first-order valence-electron chi connectivity index (χ1n) is 10.0. The van der Waals surface area contributed by atoms with Crippen molar-refractivity contribution in [3.05, 3.63) is 0 Å². The van der Waals surface area contributed by atoms with Gasteiger partial charge >= 0.3 is 0 Å². The Labute approximate surface area is 180 Å². The fourth-order valence-corrected chi connectivity index (χ4v) is 3.64. The molecule has 7 nitrogen and oxygen atoms in total. The summed E-state index contributed by atoms with van der Waals surface area (Å²) in [5.74, 6) is 1.36. The number of aliphatic imine (C=N–C) groups is 1. The Morgan fingerprint density at radius 3 is 2.37 bits per heavy atom. The lowest BCUT2D eigenvalue weighted by Gasteiger charge is -2.26. The molecule has 2 amide bonds. The molecule has 2 aliphatic rings. The number of nitrogens with one attached hydrogen (secondary N) is 3. The van der Waals surface area contributed by atoms with Crippen molar-refractivity contribution in [3.8, 4) is 0 Å². The molecule has 0 aromatic rings. The quantitative estimate of drug-likeness (QED) is 0.228. The zero-order valence-electron chi connectivity index (χ0n) is 16.9. The van der Waals surface area contributed by atoms with Gasteiger partial charge in [-0.05, 0) is 19.3 Å². The number of nitrogens with zero attached hydrogens (tertiary/aromatic N) is 2. The molecule has 1 saturated carbocycles. The molecule has 1 aliphatic heterocycles. The monoisotopic (exact) mass is 493 g/mol. The summed E-state index contributed by atoms with van der Waals surface area (Å²) in [7, 11) is 1.74. The molecule has 2 rings (SSSR count). The predicted octanol–water partition coefficient (Wildman–Crippen LogP) is 1.72. The van der Waals surface area contributed by atoms with E-state index >= 15 is 0 Å². The van der Waals surface area contributed by atoms with Crippen molar-refractivity contribution in [1.29, 1.82) is 0 Å². The molecule has 1 aliphatic carbocycles. The van der Waals surface area contributed by atoms with Gasteiger partial charge in [0.2, 0.25) is 11.8 Å². The molecule has 1 saturated heterocycles. The Balaban J connectivity index is 0.00000364. The second-order valence-corrected chi connectivity index (χ2v) is 7.69. The van der Waals surface area contributed by atoms with Crippen LogP contribution in [0, 0.1) is 11.8 Å². The minimum atomic E-state index is -0.00129. The van der Waals surface area contributed by atoms with Gasteiger partial charge in [0.1, 0.15) is 0 Å². The molecule has 1 atom stereocenters.